The van der Waals surface area contributed by atoms with Crippen molar-refractivity contribution in [3.63, 3.8) is 0 Å². The zero-order valence-electron chi connectivity index (χ0n) is 14.6. The molecule has 0 N–H and O–H groups in total. The van der Waals surface area contributed by atoms with E-state index in [1.807, 2.05) is 17.9 Å². The average molecular weight is 363 g/mol. The number of nitrogens with zero attached hydrogens (tertiary/aromatic N) is 3. The molecule has 1 saturated heterocycles. The summed E-state index contributed by atoms with van der Waals surface area (Å²) in [4.78, 5) is 28.1. The van der Waals surface area contributed by atoms with Crippen molar-refractivity contribution in [3.05, 3.63) is 39.3 Å². The normalized spacial score (nSPS) is 20.2. The number of hydrogen-bond donors (Lipinski definition) is 0. The molecule has 1 aliphatic carbocycles. The second kappa shape index (κ2) is 7.66. The predicted molar refractivity (Wildman–Crippen MR) is 98.5 cm³/mol. The fourth-order valence-corrected chi connectivity index (χ4v) is 4.33. The van der Waals surface area contributed by atoms with Crippen LogP contribution in [0, 0.1) is 22.0 Å². The van der Waals surface area contributed by atoms with Gasteiger partial charge in [-0.2, -0.15) is 0 Å². The number of rotatable bonds is 8. The second-order valence-electron chi connectivity index (χ2n) is 7.34. The van der Waals surface area contributed by atoms with E-state index in [2.05, 4.69) is 11.5 Å². The fraction of sp³-hybridized carbons (Fsp3) is 0.611. The third-order valence-corrected chi connectivity index (χ3v) is 5.76. The standard InChI is InChI=1S/C18H25N3O3S/c1-13(2)9-19(12-16-5-6-17(25-16)21(23)24)10-14-7-8-20(11-14)18(22)15-3-4-15/h5-6,14-15H,1,3-4,7-12H2,2H3. The number of likely N-dealkylation sites (tertiary alicyclic amines) is 1. The van der Waals surface area contributed by atoms with Crippen molar-refractivity contribution in [2.24, 2.45) is 11.8 Å². The maximum Gasteiger partial charge on any atom is 0.324 e. The molecule has 1 aromatic rings. The Morgan fingerprint density at radius 3 is 2.80 bits per heavy atom. The summed E-state index contributed by atoms with van der Waals surface area (Å²) in [5.74, 6) is 1.09. The van der Waals surface area contributed by atoms with Crippen molar-refractivity contribution in [2.75, 3.05) is 26.2 Å². The van der Waals surface area contributed by atoms with Gasteiger partial charge in [-0.05, 0) is 38.2 Å². The van der Waals surface area contributed by atoms with Crippen LogP contribution in [0.15, 0.2) is 24.3 Å². The Hall–Kier alpha value is -1.73. The quantitative estimate of drug-likeness (QED) is 0.404. The number of carbonyl (C=O) groups excluding carboxylic acids is 1. The van der Waals surface area contributed by atoms with E-state index in [9.17, 15) is 14.9 Å². The molecule has 25 heavy (non-hydrogen) atoms. The summed E-state index contributed by atoms with van der Waals surface area (Å²) in [7, 11) is 0. The summed E-state index contributed by atoms with van der Waals surface area (Å²) in [6.07, 6.45) is 3.15. The van der Waals surface area contributed by atoms with Crippen molar-refractivity contribution in [1.82, 2.24) is 9.80 Å². The van der Waals surface area contributed by atoms with Gasteiger partial charge in [0.25, 0.3) is 0 Å². The highest BCUT2D eigenvalue weighted by atomic mass is 32.1. The van der Waals surface area contributed by atoms with E-state index in [1.165, 1.54) is 11.3 Å². The van der Waals surface area contributed by atoms with Gasteiger partial charge in [0, 0.05) is 49.6 Å². The molecule has 3 rings (SSSR count). The molecule has 0 bridgehead atoms. The molecule has 1 aromatic heterocycles. The predicted octanol–water partition coefficient (Wildman–Crippen LogP) is 3.29. The van der Waals surface area contributed by atoms with Gasteiger partial charge in [0.2, 0.25) is 5.91 Å². The number of carbonyl (C=O) groups is 1. The van der Waals surface area contributed by atoms with Gasteiger partial charge < -0.3 is 4.90 Å². The van der Waals surface area contributed by atoms with Crippen LogP contribution in [0.3, 0.4) is 0 Å². The summed E-state index contributed by atoms with van der Waals surface area (Å²) >= 11 is 1.24. The van der Waals surface area contributed by atoms with Crippen LogP contribution in [0.25, 0.3) is 0 Å². The van der Waals surface area contributed by atoms with Gasteiger partial charge in [-0.1, -0.05) is 23.5 Å². The van der Waals surface area contributed by atoms with Crippen molar-refractivity contribution < 1.29 is 9.72 Å². The monoisotopic (exact) mass is 363 g/mol. The Labute approximate surface area is 152 Å². The first-order chi connectivity index (χ1) is 11.9. The van der Waals surface area contributed by atoms with E-state index in [0.717, 1.165) is 55.9 Å². The van der Waals surface area contributed by atoms with Gasteiger partial charge >= 0.3 is 5.00 Å². The first-order valence-corrected chi connectivity index (χ1v) is 9.62. The third-order valence-electron chi connectivity index (χ3n) is 4.74. The Morgan fingerprint density at radius 1 is 1.44 bits per heavy atom. The summed E-state index contributed by atoms with van der Waals surface area (Å²) in [5, 5.41) is 11.1. The van der Waals surface area contributed by atoms with Crippen LogP contribution in [0.2, 0.25) is 0 Å². The minimum absolute atomic E-state index is 0.187. The molecule has 6 nitrogen and oxygen atoms in total. The maximum atomic E-state index is 12.2. The first kappa shape index (κ1) is 18.1. The molecule has 2 aliphatic rings. The lowest BCUT2D eigenvalue weighted by molar-refractivity contribution is -0.380. The molecule has 7 heteroatoms. The van der Waals surface area contributed by atoms with Crippen molar-refractivity contribution in [2.45, 2.75) is 32.7 Å². The SMILES string of the molecule is C=C(C)CN(Cc1ccc([N+](=O)[O-])s1)CC1CCN(C(=O)C2CC2)C1. The molecule has 1 amide bonds. The van der Waals surface area contributed by atoms with Crippen LogP contribution in [0.1, 0.15) is 31.1 Å². The van der Waals surface area contributed by atoms with Gasteiger partial charge in [0.15, 0.2) is 0 Å². The van der Waals surface area contributed by atoms with E-state index in [1.54, 1.807) is 6.07 Å². The Morgan fingerprint density at radius 2 is 2.20 bits per heavy atom. The van der Waals surface area contributed by atoms with Crippen LogP contribution < -0.4 is 0 Å². The lowest BCUT2D eigenvalue weighted by Crippen LogP contribution is -2.34. The third kappa shape index (κ3) is 4.89. The molecule has 1 saturated carbocycles. The lowest BCUT2D eigenvalue weighted by Gasteiger charge is -2.25. The summed E-state index contributed by atoms with van der Waals surface area (Å²) in [6, 6.07) is 3.41. The molecule has 1 aliphatic heterocycles. The Kier molecular flexibility index (Phi) is 5.54. The van der Waals surface area contributed by atoms with Crippen LogP contribution in [-0.4, -0.2) is 46.8 Å². The van der Waals surface area contributed by atoms with Gasteiger partial charge in [0.05, 0.1) is 4.92 Å². The molecule has 2 heterocycles. The molecule has 0 aromatic carbocycles. The Balaban J connectivity index is 1.57. The summed E-state index contributed by atoms with van der Waals surface area (Å²) < 4.78 is 0. The van der Waals surface area contributed by atoms with Gasteiger partial charge in [-0.3, -0.25) is 19.8 Å². The highest BCUT2D eigenvalue weighted by Gasteiger charge is 2.36. The Bertz CT molecular complexity index is 668. The van der Waals surface area contributed by atoms with E-state index >= 15 is 0 Å². The molecule has 1 atom stereocenters. The minimum atomic E-state index is -0.338. The van der Waals surface area contributed by atoms with Crippen LogP contribution in [0.5, 0.6) is 0 Å². The van der Waals surface area contributed by atoms with Crippen molar-refractivity contribution >= 4 is 22.2 Å². The van der Waals surface area contributed by atoms with Crippen molar-refractivity contribution in [3.8, 4) is 0 Å². The second-order valence-corrected chi connectivity index (χ2v) is 8.48. The van der Waals surface area contributed by atoms with E-state index in [-0.39, 0.29) is 15.8 Å². The first-order valence-electron chi connectivity index (χ1n) is 8.81. The zero-order valence-corrected chi connectivity index (χ0v) is 15.5. The summed E-state index contributed by atoms with van der Waals surface area (Å²) in [6.45, 7) is 10.1. The molecule has 1 unspecified atom stereocenters. The van der Waals surface area contributed by atoms with E-state index in [0.29, 0.717) is 18.4 Å². The summed E-state index contributed by atoms with van der Waals surface area (Å²) in [5.41, 5.74) is 1.08. The minimum Gasteiger partial charge on any atom is -0.342 e. The number of hydrogen-bond acceptors (Lipinski definition) is 5. The average Bonchev–Trinajstić information content (AvgIpc) is 3.10. The zero-order chi connectivity index (χ0) is 18.0. The number of amides is 1. The molecule has 136 valence electrons. The number of nitro groups is 1. The molecule has 0 spiro atoms. The topological polar surface area (TPSA) is 66.7 Å². The van der Waals surface area contributed by atoms with Crippen LogP contribution in [-0.2, 0) is 11.3 Å². The van der Waals surface area contributed by atoms with Crippen LogP contribution >= 0.6 is 11.3 Å². The highest BCUT2D eigenvalue weighted by molar-refractivity contribution is 7.15. The molecular weight excluding hydrogens is 338 g/mol. The van der Waals surface area contributed by atoms with Gasteiger partial charge in [-0.15, -0.1) is 0 Å². The lowest BCUT2D eigenvalue weighted by atomic mass is 10.1. The largest absolute Gasteiger partial charge is 0.342 e. The molecular formula is C18H25N3O3S. The molecule has 0 radical (unpaired) electrons. The van der Waals surface area contributed by atoms with E-state index in [4.69, 9.17) is 0 Å². The molecule has 2 fully saturated rings. The number of thiophene rings is 1. The van der Waals surface area contributed by atoms with Gasteiger partial charge in [-0.25, -0.2) is 0 Å². The van der Waals surface area contributed by atoms with E-state index < -0.39 is 0 Å². The van der Waals surface area contributed by atoms with Crippen molar-refractivity contribution in [1.29, 1.82) is 0 Å². The van der Waals surface area contributed by atoms with Gasteiger partial charge in [0.1, 0.15) is 0 Å². The fourth-order valence-electron chi connectivity index (χ4n) is 3.47. The smallest absolute Gasteiger partial charge is 0.324 e. The highest BCUT2D eigenvalue weighted by Crippen LogP contribution is 2.33. The maximum absolute atomic E-state index is 12.2. The van der Waals surface area contributed by atoms with Crippen LogP contribution in [0.4, 0.5) is 5.00 Å².